The maximum atomic E-state index is 10.3. The zero-order valence-electron chi connectivity index (χ0n) is 4.51. The normalized spacial score (nSPS) is 11.1. The zero-order valence-corrected chi connectivity index (χ0v) is 5.33. The molecule has 0 aliphatic heterocycles. The van der Waals surface area contributed by atoms with Gasteiger partial charge in [0.1, 0.15) is 0 Å². The molecule has 0 spiro atoms. The first kappa shape index (κ1) is 7.01. The van der Waals surface area contributed by atoms with Crippen LogP contribution in [0.1, 0.15) is 6.92 Å². The van der Waals surface area contributed by atoms with Crippen LogP contribution in [0, 0.1) is 0 Å². The highest BCUT2D eigenvalue weighted by molar-refractivity contribution is 8.15. The summed E-state index contributed by atoms with van der Waals surface area (Å²) in [4.78, 5) is 0. The Morgan fingerprint density at radius 3 is 2.00 bits per heavy atom. The standard InChI is InChI=1S/C3H8BO2S/c1-3-7(5,6)4-2/h3H2,1-2H3. The minimum atomic E-state index is -2.78. The van der Waals surface area contributed by atoms with Gasteiger partial charge in [0.15, 0.2) is 0 Å². The molecule has 0 unspecified atom stereocenters. The van der Waals surface area contributed by atoms with Crippen LogP contribution >= 0.6 is 0 Å². The summed E-state index contributed by atoms with van der Waals surface area (Å²) >= 11 is 0. The van der Waals surface area contributed by atoms with Gasteiger partial charge in [-0.25, -0.2) is 8.42 Å². The van der Waals surface area contributed by atoms with Crippen molar-refractivity contribution in [1.82, 2.24) is 0 Å². The van der Waals surface area contributed by atoms with E-state index in [9.17, 15) is 8.42 Å². The molecule has 0 N–H and O–H groups in total. The average molecular weight is 119 g/mol. The van der Waals surface area contributed by atoms with Gasteiger partial charge in [-0.2, -0.15) is 0 Å². The molecule has 0 heterocycles. The van der Waals surface area contributed by atoms with E-state index in [4.69, 9.17) is 0 Å². The van der Waals surface area contributed by atoms with Crippen molar-refractivity contribution in [3.63, 3.8) is 0 Å². The van der Waals surface area contributed by atoms with E-state index in [0.29, 0.717) is 0 Å². The fourth-order valence-electron chi connectivity index (χ4n) is 0.167. The third kappa shape index (κ3) is 2.68. The second kappa shape index (κ2) is 2.35. The van der Waals surface area contributed by atoms with Gasteiger partial charge >= 0.3 is 0 Å². The van der Waals surface area contributed by atoms with Gasteiger partial charge in [-0.1, -0.05) is 13.7 Å². The lowest BCUT2D eigenvalue weighted by Crippen LogP contribution is -2.07. The van der Waals surface area contributed by atoms with Crippen molar-refractivity contribution in [3.8, 4) is 0 Å². The molecule has 0 atom stereocenters. The van der Waals surface area contributed by atoms with Crippen molar-refractivity contribution in [3.05, 3.63) is 0 Å². The van der Waals surface area contributed by atoms with Crippen LogP contribution in [0.2, 0.25) is 6.82 Å². The summed E-state index contributed by atoms with van der Waals surface area (Å²) in [5.74, 6) is 0.212. The molecule has 41 valence electrons. The molecule has 0 rings (SSSR count). The first-order valence-corrected chi connectivity index (χ1v) is 3.86. The molecular formula is C3H8BO2S. The first-order chi connectivity index (χ1) is 3.12. The predicted molar refractivity (Wildman–Crippen MR) is 31.1 cm³/mol. The number of hydrogen-bond donors (Lipinski definition) is 0. The first-order valence-electron chi connectivity index (χ1n) is 2.14. The van der Waals surface area contributed by atoms with Crippen LogP contribution in [0.4, 0.5) is 0 Å². The molecule has 0 amide bonds. The van der Waals surface area contributed by atoms with Gasteiger partial charge in [0.25, 0.3) is 6.56 Å². The van der Waals surface area contributed by atoms with Crippen LogP contribution in [0.15, 0.2) is 0 Å². The van der Waals surface area contributed by atoms with Crippen molar-refractivity contribution in [2.45, 2.75) is 13.7 Å². The van der Waals surface area contributed by atoms with E-state index in [1.807, 2.05) is 0 Å². The second-order valence-corrected chi connectivity index (χ2v) is 3.56. The fourth-order valence-corrected chi connectivity index (χ4v) is 0.500. The SMILES string of the molecule is C[B]S(=O)(=O)CC. The molecule has 1 radical (unpaired) electrons. The van der Waals surface area contributed by atoms with Gasteiger partial charge in [-0.05, 0) is 0 Å². The van der Waals surface area contributed by atoms with Crippen LogP contribution < -0.4 is 0 Å². The lowest BCUT2D eigenvalue weighted by molar-refractivity contribution is 0.610. The smallest absolute Gasteiger partial charge is 0.242 e. The maximum absolute atomic E-state index is 10.3. The third-order valence-corrected chi connectivity index (χ3v) is 2.28. The largest absolute Gasteiger partial charge is 0.276 e. The van der Waals surface area contributed by atoms with E-state index in [1.54, 1.807) is 6.92 Å². The molecule has 0 aromatic rings. The molecule has 0 aromatic heterocycles. The molecule has 0 saturated carbocycles. The molecule has 0 saturated heterocycles. The highest BCUT2D eigenvalue weighted by Gasteiger charge is 2.01. The van der Waals surface area contributed by atoms with Gasteiger partial charge in [-0.3, -0.25) is 0 Å². The molecule has 0 bridgehead atoms. The zero-order chi connectivity index (χ0) is 5.91. The van der Waals surface area contributed by atoms with Crippen LogP contribution in [-0.4, -0.2) is 20.7 Å². The minimum absolute atomic E-state index is 0.212. The molecular weight excluding hydrogens is 111 g/mol. The molecule has 4 heteroatoms. The van der Waals surface area contributed by atoms with E-state index in [1.165, 1.54) is 13.4 Å². The Labute approximate surface area is 45.0 Å². The predicted octanol–water partition coefficient (Wildman–Crippen LogP) is 0.0884. The molecule has 0 aliphatic rings. The summed E-state index contributed by atoms with van der Waals surface area (Å²) in [7, 11) is -2.78. The van der Waals surface area contributed by atoms with E-state index in [-0.39, 0.29) is 5.75 Å². The van der Waals surface area contributed by atoms with Crippen LogP contribution in [0.5, 0.6) is 0 Å². The third-order valence-electron chi connectivity index (χ3n) is 0.761. The quantitative estimate of drug-likeness (QED) is 0.482. The van der Waals surface area contributed by atoms with Crippen molar-refractivity contribution in [1.29, 1.82) is 0 Å². The Morgan fingerprint density at radius 2 is 2.00 bits per heavy atom. The summed E-state index contributed by atoms with van der Waals surface area (Å²) in [5.41, 5.74) is 0. The van der Waals surface area contributed by atoms with E-state index in [0.717, 1.165) is 0 Å². The maximum Gasteiger partial charge on any atom is 0.276 e. The van der Waals surface area contributed by atoms with Crippen molar-refractivity contribution in [2.75, 3.05) is 5.75 Å². The number of rotatable bonds is 2. The van der Waals surface area contributed by atoms with Crippen LogP contribution in [0.25, 0.3) is 0 Å². The Kier molecular flexibility index (Phi) is 2.36. The van der Waals surface area contributed by atoms with Crippen molar-refractivity contribution < 1.29 is 8.42 Å². The highest BCUT2D eigenvalue weighted by atomic mass is 32.2. The molecule has 2 nitrogen and oxygen atoms in total. The Balaban J connectivity index is 3.89. The van der Waals surface area contributed by atoms with Crippen LogP contribution in [0.3, 0.4) is 0 Å². The Bertz CT molecular complexity index is 116. The molecule has 0 aromatic carbocycles. The van der Waals surface area contributed by atoms with Gasteiger partial charge < -0.3 is 0 Å². The minimum Gasteiger partial charge on any atom is -0.242 e. The van der Waals surface area contributed by atoms with Gasteiger partial charge in [0.2, 0.25) is 0 Å². The average Bonchev–Trinajstić information content (AvgIpc) is 1.68. The highest BCUT2D eigenvalue weighted by Crippen LogP contribution is 1.81. The van der Waals surface area contributed by atoms with Crippen LogP contribution in [-0.2, 0) is 9.69 Å². The second-order valence-electron chi connectivity index (χ2n) is 1.19. The van der Waals surface area contributed by atoms with Crippen molar-refractivity contribution >= 4 is 16.2 Å². The topological polar surface area (TPSA) is 34.1 Å². The van der Waals surface area contributed by atoms with Crippen molar-refractivity contribution in [2.24, 2.45) is 0 Å². The molecule has 0 aliphatic carbocycles. The fraction of sp³-hybridized carbons (Fsp3) is 1.00. The molecule has 0 fully saturated rings. The lowest BCUT2D eigenvalue weighted by atomic mass is 10.2. The summed E-state index contributed by atoms with van der Waals surface area (Å²) in [6.45, 7) is 4.36. The summed E-state index contributed by atoms with van der Waals surface area (Å²) in [6.07, 6.45) is 0. The Hall–Kier alpha value is 0.0149. The molecule has 7 heavy (non-hydrogen) atoms. The lowest BCUT2D eigenvalue weighted by Gasteiger charge is -1.87. The van der Waals surface area contributed by atoms with E-state index in [2.05, 4.69) is 0 Å². The van der Waals surface area contributed by atoms with E-state index < -0.39 is 9.69 Å². The van der Waals surface area contributed by atoms with E-state index >= 15 is 0 Å². The van der Waals surface area contributed by atoms with Gasteiger partial charge in [0.05, 0.1) is 9.69 Å². The van der Waals surface area contributed by atoms with Gasteiger partial charge in [-0.15, -0.1) is 0 Å². The summed E-state index contributed by atoms with van der Waals surface area (Å²) < 4.78 is 20.6. The van der Waals surface area contributed by atoms with Gasteiger partial charge in [0, 0.05) is 5.75 Å². The Morgan fingerprint density at radius 1 is 1.57 bits per heavy atom. The number of hydrogen-bond acceptors (Lipinski definition) is 2. The monoisotopic (exact) mass is 119 g/mol. The summed E-state index contributed by atoms with van der Waals surface area (Å²) in [6, 6.07) is 0. The summed E-state index contributed by atoms with van der Waals surface area (Å²) in [5, 5.41) is 0.